The number of ether oxygens (including phenoxy) is 1. The largest absolute Gasteiger partial charge is 0.493 e. The van der Waals surface area contributed by atoms with Crippen LogP contribution in [0.4, 0.5) is 0 Å². The van der Waals surface area contributed by atoms with Crippen molar-refractivity contribution in [3.8, 4) is 5.75 Å². The summed E-state index contributed by atoms with van der Waals surface area (Å²) in [5.74, 6) is 1.06. The summed E-state index contributed by atoms with van der Waals surface area (Å²) in [4.78, 5) is 12.3. The number of hydrogen-bond donors (Lipinski definition) is 1. The number of amides is 1. The molecule has 3 rings (SSSR count). The Morgan fingerprint density at radius 1 is 1.48 bits per heavy atom. The number of benzene rings is 1. The van der Waals surface area contributed by atoms with Gasteiger partial charge in [-0.1, -0.05) is 29.8 Å². The monoisotopic (exact) mass is 333 g/mol. The minimum absolute atomic E-state index is 0.225. The summed E-state index contributed by atoms with van der Waals surface area (Å²) in [6.07, 6.45) is 1.80. The van der Waals surface area contributed by atoms with E-state index in [1.54, 1.807) is 11.7 Å². The van der Waals surface area contributed by atoms with Gasteiger partial charge >= 0.3 is 0 Å². The van der Waals surface area contributed by atoms with E-state index >= 15 is 0 Å². The molecule has 1 amide bonds. The summed E-state index contributed by atoms with van der Waals surface area (Å²) in [6.45, 7) is 3.09. The molecule has 5 nitrogen and oxygen atoms in total. The average Bonchev–Trinajstić information content (AvgIpc) is 2.74. The van der Waals surface area contributed by atoms with Crippen molar-refractivity contribution in [1.29, 1.82) is 0 Å². The van der Waals surface area contributed by atoms with E-state index in [0.717, 1.165) is 24.3 Å². The Balaban J connectivity index is 1.64. The van der Waals surface area contributed by atoms with E-state index in [0.29, 0.717) is 24.1 Å². The number of aromatic nitrogens is 2. The van der Waals surface area contributed by atoms with Crippen molar-refractivity contribution in [3.63, 3.8) is 0 Å². The predicted molar refractivity (Wildman–Crippen MR) is 89.0 cm³/mol. The second kappa shape index (κ2) is 6.62. The van der Waals surface area contributed by atoms with E-state index in [1.165, 1.54) is 5.56 Å². The number of nitrogens with zero attached hydrogens (tertiary/aromatic N) is 2. The molecular formula is C17H20ClN3O2. The molecule has 0 saturated heterocycles. The number of carbonyl (C=O) groups is 1. The molecule has 1 atom stereocenters. The Morgan fingerprint density at radius 2 is 2.26 bits per heavy atom. The van der Waals surface area contributed by atoms with Gasteiger partial charge in [-0.2, -0.15) is 5.10 Å². The summed E-state index contributed by atoms with van der Waals surface area (Å²) in [5, 5.41) is 7.55. The molecule has 0 fully saturated rings. The van der Waals surface area contributed by atoms with E-state index in [9.17, 15) is 4.79 Å². The topological polar surface area (TPSA) is 56.1 Å². The molecule has 1 N–H and O–H groups in total. The van der Waals surface area contributed by atoms with E-state index in [2.05, 4.69) is 16.5 Å². The van der Waals surface area contributed by atoms with Gasteiger partial charge in [0.05, 0.1) is 17.3 Å². The van der Waals surface area contributed by atoms with Crippen LogP contribution >= 0.6 is 11.6 Å². The fraction of sp³-hybridized carbons (Fsp3) is 0.412. The van der Waals surface area contributed by atoms with Crippen LogP contribution in [0.5, 0.6) is 5.75 Å². The van der Waals surface area contributed by atoms with Crippen molar-refractivity contribution in [2.75, 3.05) is 13.2 Å². The third-order valence-corrected chi connectivity index (χ3v) is 4.74. The van der Waals surface area contributed by atoms with E-state index in [1.807, 2.05) is 25.1 Å². The van der Waals surface area contributed by atoms with E-state index in [-0.39, 0.29) is 11.6 Å². The fourth-order valence-corrected chi connectivity index (χ4v) is 3.03. The maximum atomic E-state index is 12.3. The molecule has 1 aliphatic rings. The predicted octanol–water partition coefficient (Wildman–Crippen LogP) is 2.75. The van der Waals surface area contributed by atoms with Gasteiger partial charge < -0.3 is 10.1 Å². The third-order valence-electron chi connectivity index (χ3n) is 4.29. The van der Waals surface area contributed by atoms with Crippen LogP contribution in [0.3, 0.4) is 0 Å². The van der Waals surface area contributed by atoms with Gasteiger partial charge in [-0.3, -0.25) is 9.48 Å². The molecule has 0 saturated carbocycles. The quantitative estimate of drug-likeness (QED) is 0.939. The minimum Gasteiger partial charge on any atom is -0.493 e. The molecule has 0 aliphatic carbocycles. The first-order chi connectivity index (χ1) is 11.1. The number of rotatable bonds is 3. The van der Waals surface area contributed by atoms with Gasteiger partial charge in [0.25, 0.3) is 5.91 Å². The Hall–Kier alpha value is -2.01. The van der Waals surface area contributed by atoms with Crippen molar-refractivity contribution >= 4 is 17.5 Å². The molecule has 6 heteroatoms. The average molecular weight is 334 g/mol. The number of carbonyl (C=O) groups excluding carboxylic acids is 1. The highest BCUT2D eigenvalue weighted by Crippen LogP contribution is 2.26. The van der Waals surface area contributed by atoms with Gasteiger partial charge in [0.15, 0.2) is 5.69 Å². The van der Waals surface area contributed by atoms with E-state index in [4.69, 9.17) is 16.3 Å². The summed E-state index contributed by atoms with van der Waals surface area (Å²) < 4.78 is 7.38. The van der Waals surface area contributed by atoms with Crippen molar-refractivity contribution in [2.24, 2.45) is 13.0 Å². The number of fused-ring (bicyclic) bond motifs is 1. The lowest BCUT2D eigenvalue weighted by Gasteiger charge is -2.14. The number of nitrogens with one attached hydrogen (secondary N) is 1. The molecule has 0 bridgehead atoms. The van der Waals surface area contributed by atoms with Crippen LogP contribution in [0.1, 0.15) is 28.2 Å². The lowest BCUT2D eigenvalue weighted by molar-refractivity contribution is 0.0940. The molecule has 0 unspecified atom stereocenters. The maximum Gasteiger partial charge on any atom is 0.273 e. The zero-order valence-corrected chi connectivity index (χ0v) is 14.1. The second-order valence-corrected chi connectivity index (χ2v) is 6.27. The Kier molecular flexibility index (Phi) is 4.57. The van der Waals surface area contributed by atoms with Crippen LogP contribution in [0.25, 0.3) is 0 Å². The first-order valence-corrected chi connectivity index (χ1v) is 8.12. The van der Waals surface area contributed by atoms with Crippen molar-refractivity contribution in [3.05, 3.63) is 46.2 Å². The minimum atomic E-state index is -0.225. The summed E-state index contributed by atoms with van der Waals surface area (Å²) >= 11 is 6.16. The van der Waals surface area contributed by atoms with Crippen LogP contribution in [0.15, 0.2) is 24.3 Å². The Labute approximate surface area is 140 Å². The molecule has 0 spiro atoms. The standard InChI is InChI=1S/C17H20ClN3O2/c1-11-15(18)16(20-21(11)2)17(22)19-10-12-7-8-23-14-6-4-3-5-13(14)9-12/h3-6,12H,7-10H2,1-2H3,(H,19,22)/t12-/m1/s1. The van der Waals surface area contributed by atoms with Crippen LogP contribution in [0, 0.1) is 12.8 Å². The Morgan fingerprint density at radius 3 is 3.00 bits per heavy atom. The van der Waals surface area contributed by atoms with Crippen LogP contribution < -0.4 is 10.1 Å². The number of para-hydroxylation sites is 1. The number of aryl methyl sites for hydroxylation is 1. The highest BCUT2D eigenvalue weighted by atomic mass is 35.5. The highest BCUT2D eigenvalue weighted by Gasteiger charge is 2.21. The van der Waals surface area contributed by atoms with Gasteiger partial charge in [0.1, 0.15) is 5.75 Å². The molecule has 1 aliphatic heterocycles. The van der Waals surface area contributed by atoms with Crippen molar-refractivity contribution < 1.29 is 9.53 Å². The SMILES string of the molecule is Cc1c(Cl)c(C(=O)NC[C@@H]2CCOc3ccccc3C2)nn1C. The molecule has 2 heterocycles. The summed E-state index contributed by atoms with van der Waals surface area (Å²) in [6, 6.07) is 8.06. The molecular weight excluding hydrogens is 314 g/mol. The van der Waals surface area contributed by atoms with Crippen molar-refractivity contribution in [2.45, 2.75) is 19.8 Å². The first-order valence-electron chi connectivity index (χ1n) is 7.74. The van der Waals surface area contributed by atoms with Gasteiger partial charge in [-0.25, -0.2) is 0 Å². The van der Waals surface area contributed by atoms with Crippen molar-refractivity contribution in [1.82, 2.24) is 15.1 Å². The zero-order valence-electron chi connectivity index (χ0n) is 13.3. The number of halogens is 1. The zero-order chi connectivity index (χ0) is 16.4. The summed E-state index contributed by atoms with van der Waals surface area (Å²) in [7, 11) is 1.78. The number of hydrogen-bond acceptors (Lipinski definition) is 3. The molecule has 2 aromatic rings. The lowest BCUT2D eigenvalue weighted by Crippen LogP contribution is -2.31. The van der Waals surface area contributed by atoms with E-state index < -0.39 is 0 Å². The smallest absolute Gasteiger partial charge is 0.273 e. The molecule has 1 aromatic heterocycles. The van der Waals surface area contributed by atoms with Crippen LogP contribution in [-0.4, -0.2) is 28.8 Å². The van der Waals surface area contributed by atoms with Crippen LogP contribution in [-0.2, 0) is 13.5 Å². The van der Waals surface area contributed by atoms with Gasteiger partial charge in [-0.05, 0) is 37.3 Å². The molecule has 0 radical (unpaired) electrons. The fourth-order valence-electron chi connectivity index (χ4n) is 2.78. The van der Waals surface area contributed by atoms with Gasteiger partial charge in [0.2, 0.25) is 0 Å². The Bertz CT molecular complexity index is 727. The third kappa shape index (κ3) is 3.34. The van der Waals surface area contributed by atoms with Gasteiger partial charge in [-0.15, -0.1) is 0 Å². The van der Waals surface area contributed by atoms with Gasteiger partial charge in [0, 0.05) is 13.6 Å². The lowest BCUT2D eigenvalue weighted by atomic mass is 9.97. The first kappa shape index (κ1) is 15.9. The molecule has 23 heavy (non-hydrogen) atoms. The molecule has 122 valence electrons. The summed E-state index contributed by atoms with van der Waals surface area (Å²) in [5.41, 5.74) is 2.27. The normalized spacial score (nSPS) is 17.1. The maximum absolute atomic E-state index is 12.3. The highest BCUT2D eigenvalue weighted by molar-refractivity contribution is 6.34. The second-order valence-electron chi connectivity index (χ2n) is 5.90. The van der Waals surface area contributed by atoms with Crippen LogP contribution in [0.2, 0.25) is 5.02 Å². The molecule has 1 aromatic carbocycles.